The molecule has 8 nitrogen and oxygen atoms in total. The van der Waals surface area contributed by atoms with E-state index in [4.69, 9.17) is 4.74 Å². The van der Waals surface area contributed by atoms with Gasteiger partial charge in [-0.1, -0.05) is 18.2 Å². The van der Waals surface area contributed by atoms with E-state index in [1.807, 2.05) is 24.3 Å². The first-order valence-corrected chi connectivity index (χ1v) is 10.8. The minimum atomic E-state index is -3.66. The molecule has 0 saturated carbocycles. The number of hydrogen-bond donors (Lipinski definition) is 2. The Morgan fingerprint density at radius 3 is 2.72 bits per heavy atom. The number of para-hydroxylation sites is 2. The summed E-state index contributed by atoms with van der Waals surface area (Å²) in [7, 11) is -3.66. The van der Waals surface area contributed by atoms with Crippen molar-refractivity contribution in [3.63, 3.8) is 0 Å². The van der Waals surface area contributed by atoms with Gasteiger partial charge >= 0.3 is 0 Å². The number of H-pyrrole nitrogens is 1. The van der Waals surface area contributed by atoms with Crippen LogP contribution in [0.2, 0.25) is 0 Å². The second-order valence-electron chi connectivity index (χ2n) is 6.88. The SMILES string of the molecule is Cc1ccc(S(=O)(=O)N2CCOCC2)cc1C(=O)NCc1nc2ccccc2[nH]1. The summed E-state index contributed by atoms with van der Waals surface area (Å²) in [5, 5.41) is 2.81. The number of imidazole rings is 1. The first kappa shape index (κ1) is 19.6. The summed E-state index contributed by atoms with van der Waals surface area (Å²) in [5.41, 5.74) is 2.75. The molecule has 9 heteroatoms. The van der Waals surface area contributed by atoms with Gasteiger partial charge < -0.3 is 15.0 Å². The lowest BCUT2D eigenvalue weighted by Gasteiger charge is -2.26. The Morgan fingerprint density at radius 1 is 1.21 bits per heavy atom. The number of carbonyl (C=O) groups is 1. The number of nitrogens with zero attached hydrogens (tertiary/aromatic N) is 2. The van der Waals surface area contributed by atoms with E-state index in [1.165, 1.54) is 16.4 Å². The molecule has 1 saturated heterocycles. The number of hydrogen-bond acceptors (Lipinski definition) is 5. The number of fused-ring (bicyclic) bond motifs is 1. The number of morpholine rings is 1. The highest BCUT2D eigenvalue weighted by Crippen LogP contribution is 2.21. The van der Waals surface area contributed by atoms with Crippen molar-refractivity contribution in [2.45, 2.75) is 18.4 Å². The van der Waals surface area contributed by atoms with E-state index in [2.05, 4.69) is 15.3 Å². The third-order valence-electron chi connectivity index (χ3n) is 4.92. The Balaban J connectivity index is 1.52. The number of amides is 1. The molecule has 1 fully saturated rings. The molecular formula is C20H22N4O4S. The molecular weight excluding hydrogens is 392 g/mol. The van der Waals surface area contributed by atoms with Gasteiger partial charge in [-0.25, -0.2) is 13.4 Å². The monoisotopic (exact) mass is 414 g/mol. The van der Waals surface area contributed by atoms with Gasteiger partial charge in [-0.05, 0) is 36.8 Å². The van der Waals surface area contributed by atoms with Crippen molar-refractivity contribution in [1.29, 1.82) is 0 Å². The Labute approximate surface area is 168 Å². The zero-order valence-electron chi connectivity index (χ0n) is 16.0. The third-order valence-corrected chi connectivity index (χ3v) is 6.81. The predicted octanol–water partition coefficient (Wildman–Crippen LogP) is 1.82. The Kier molecular flexibility index (Phi) is 5.35. The van der Waals surface area contributed by atoms with E-state index in [1.54, 1.807) is 13.0 Å². The molecule has 2 aromatic carbocycles. The number of sulfonamides is 1. The summed E-state index contributed by atoms with van der Waals surface area (Å²) >= 11 is 0. The van der Waals surface area contributed by atoms with Crippen molar-refractivity contribution in [2.75, 3.05) is 26.3 Å². The fraction of sp³-hybridized carbons (Fsp3) is 0.300. The summed E-state index contributed by atoms with van der Waals surface area (Å²) in [4.78, 5) is 20.4. The van der Waals surface area contributed by atoms with Crippen LogP contribution < -0.4 is 5.32 Å². The summed E-state index contributed by atoms with van der Waals surface area (Å²) in [6.45, 7) is 3.36. The Hall–Kier alpha value is -2.75. The standard InChI is InChI=1S/C20H22N4O4S/c1-14-6-7-15(29(26,27)24-8-10-28-11-9-24)12-16(14)20(25)21-13-19-22-17-4-2-3-5-18(17)23-19/h2-7,12H,8-11,13H2,1H3,(H,21,25)(H,22,23). The van der Waals surface area contributed by atoms with Crippen LogP contribution in [0.15, 0.2) is 47.4 Å². The normalized spacial score (nSPS) is 15.5. The smallest absolute Gasteiger partial charge is 0.251 e. The van der Waals surface area contributed by atoms with Gasteiger partial charge in [0.25, 0.3) is 5.91 Å². The van der Waals surface area contributed by atoms with Crippen LogP contribution in [-0.4, -0.2) is 54.9 Å². The molecule has 2 N–H and O–H groups in total. The van der Waals surface area contributed by atoms with Crippen LogP contribution >= 0.6 is 0 Å². The van der Waals surface area contributed by atoms with Crippen LogP contribution in [0.4, 0.5) is 0 Å². The van der Waals surface area contributed by atoms with Crippen molar-refractivity contribution in [2.24, 2.45) is 0 Å². The van der Waals surface area contributed by atoms with Gasteiger partial charge in [-0.3, -0.25) is 4.79 Å². The molecule has 2 heterocycles. The van der Waals surface area contributed by atoms with Gasteiger partial charge in [0.15, 0.2) is 0 Å². The number of nitrogens with one attached hydrogen (secondary N) is 2. The second kappa shape index (κ2) is 7.94. The Bertz CT molecular complexity index is 1120. The van der Waals surface area contributed by atoms with E-state index in [9.17, 15) is 13.2 Å². The molecule has 0 aliphatic carbocycles. The summed E-state index contributed by atoms with van der Waals surface area (Å²) in [5.74, 6) is 0.288. The molecule has 3 aromatic rings. The molecule has 1 amide bonds. The fourth-order valence-corrected chi connectivity index (χ4v) is 4.73. The fourth-order valence-electron chi connectivity index (χ4n) is 3.29. The number of benzene rings is 2. The average molecular weight is 414 g/mol. The number of rotatable bonds is 5. The van der Waals surface area contributed by atoms with Crippen molar-refractivity contribution in [1.82, 2.24) is 19.6 Å². The maximum atomic E-state index is 12.9. The van der Waals surface area contributed by atoms with E-state index in [0.29, 0.717) is 43.3 Å². The lowest BCUT2D eigenvalue weighted by Crippen LogP contribution is -2.40. The van der Waals surface area contributed by atoms with Crippen LogP contribution in [0.3, 0.4) is 0 Å². The number of ether oxygens (including phenoxy) is 1. The summed E-state index contributed by atoms with van der Waals surface area (Å²) < 4.78 is 32.4. The molecule has 29 heavy (non-hydrogen) atoms. The molecule has 0 atom stereocenters. The van der Waals surface area contributed by atoms with Crippen LogP contribution in [0.1, 0.15) is 21.7 Å². The van der Waals surface area contributed by atoms with Crippen LogP contribution in [0.25, 0.3) is 11.0 Å². The second-order valence-corrected chi connectivity index (χ2v) is 8.81. The highest BCUT2D eigenvalue weighted by Gasteiger charge is 2.27. The molecule has 0 radical (unpaired) electrons. The van der Waals surface area contributed by atoms with Gasteiger partial charge in [0.1, 0.15) is 5.82 Å². The largest absolute Gasteiger partial charge is 0.379 e. The highest BCUT2D eigenvalue weighted by molar-refractivity contribution is 7.89. The minimum Gasteiger partial charge on any atom is -0.379 e. The number of carbonyl (C=O) groups excluding carboxylic acids is 1. The highest BCUT2D eigenvalue weighted by atomic mass is 32.2. The van der Waals surface area contributed by atoms with Gasteiger partial charge in [-0.2, -0.15) is 4.31 Å². The molecule has 1 aliphatic rings. The van der Waals surface area contributed by atoms with Crippen molar-refractivity contribution in [3.8, 4) is 0 Å². The number of aromatic nitrogens is 2. The number of aromatic amines is 1. The van der Waals surface area contributed by atoms with Gasteiger partial charge in [-0.15, -0.1) is 0 Å². The maximum absolute atomic E-state index is 12.9. The summed E-state index contributed by atoms with van der Waals surface area (Å²) in [6, 6.07) is 12.2. The van der Waals surface area contributed by atoms with E-state index < -0.39 is 10.0 Å². The molecule has 1 aromatic heterocycles. The van der Waals surface area contributed by atoms with Gasteiger partial charge in [0, 0.05) is 18.7 Å². The zero-order valence-corrected chi connectivity index (χ0v) is 16.8. The lowest BCUT2D eigenvalue weighted by molar-refractivity contribution is 0.0730. The first-order chi connectivity index (χ1) is 13.9. The first-order valence-electron chi connectivity index (χ1n) is 9.35. The van der Waals surface area contributed by atoms with Crippen molar-refractivity contribution < 1.29 is 17.9 Å². The number of aryl methyl sites for hydroxylation is 1. The van der Waals surface area contributed by atoms with Gasteiger partial charge in [0.2, 0.25) is 10.0 Å². The third kappa shape index (κ3) is 4.02. The van der Waals surface area contributed by atoms with E-state index in [-0.39, 0.29) is 17.3 Å². The van der Waals surface area contributed by atoms with E-state index in [0.717, 1.165) is 11.0 Å². The summed E-state index contributed by atoms with van der Waals surface area (Å²) in [6.07, 6.45) is 0. The molecule has 4 rings (SSSR count). The van der Waals surface area contributed by atoms with Crippen LogP contribution in [-0.2, 0) is 21.3 Å². The topological polar surface area (TPSA) is 104 Å². The van der Waals surface area contributed by atoms with Crippen molar-refractivity contribution in [3.05, 3.63) is 59.4 Å². The molecule has 1 aliphatic heterocycles. The molecule has 0 spiro atoms. The Morgan fingerprint density at radius 2 is 1.97 bits per heavy atom. The van der Waals surface area contributed by atoms with Crippen LogP contribution in [0, 0.1) is 6.92 Å². The van der Waals surface area contributed by atoms with E-state index >= 15 is 0 Å². The average Bonchev–Trinajstić information content (AvgIpc) is 3.16. The van der Waals surface area contributed by atoms with Gasteiger partial charge in [0.05, 0.1) is 35.7 Å². The molecule has 0 unspecified atom stereocenters. The predicted molar refractivity (Wildman–Crippen MR) is 108 cm³/mol. The zero-order chi connectivity index (χ0) is 20.4. The lowest BCUT2D eigenvalue weighted by atomic mass is 10.1. The minimum absolute atomic E-state index is 0.110. The molecule has 152 valence electrons. The molecule has 0 bridgehead atoms. The van der Waals surface area contributed by atoms with Crippen molar-refractivity contribution >= 4 is 27.0 Å². The quantitative estimate of drug-likeness (QED) is 0.663. The van der Waals surface area contributed by atoms with Crippen LogP contribution in [0.5, 0.6) is 0 Å². The maximum Gasteiger partial charge on any atom is 0.251 e.